The first-order chi connectivity index (χ1) is 10.3. The summed E-state index contributed by atoms with van der Waals surface area (Å²) in [6.07, 6.45) is 3.80. The first-order valence-corrected chi connectivity index (χ1v) is 7.33. The number of aromatic nitrogens is 1. The third-order valence-electron chi connectivity index (χ3n) is 3.94. The van der Waals surface area contributed by atoms with Crippen molar-refractivity contribution in [1.82, 2.24) is 10.3 Å². The molecule has 21 heavy (non-hydrogen) atoms. The lowest BCUT2D eigenvalue weighted by molar-refractivity contribution is 0.183. The van der Waals surface area contributed by atoms with Crippen LogP contribution in [0.2, 0.25) is 0 Å². The Labute approximate surface area is 124 Å². The van der Waals surface area contributed by atoms with E-state index in [9.17, 15) is 4.39 Å². The van der Waals surface area contributed by atoms with Gasteiger partial charge in [0.2, 0.25) is 0 Å². The molecule has 0 aliphatic carbocycles. The Balaban J connectivity index is 1.88. The topological polar surface area (TPSA) is 34.2 Å². The minimum atomic E-state index is -0.262. The van der Waals surface area contributed by atoms with Gasteiger partial charge in [0, 0.05) is 23.7 Å². The van der Waals surface area contributed by atoms with Gasteiger partial charge in [0.25, 0.3) is 0 Å². The molecular weight excluding hydrogens is 267 g/mol. The van der Waals surface area contributed by atoms with Crippen molar-refractivity contribution in [3.63, 3.8) is 0 Å². The van der Waals surface area contributed by atoms with Crippen LogP contribution >= 0.6 is 0 Å². The molecule has 0 bridgehead atoms. The first kappa shape index (κ1) is 14.0. The van der Waals surface area contributed by atoms with Crippen molar-refractivity contribution < 1.29 is 9.13 Å². The molecule has 0 saturated carbocycles. The zero-order valence-electron chi connectivity index (χ0n) is 12.1. The maximum atomic E-state index is 14.1. The molecule has 2 unspecified atom stereocenters. The summed E-state index contributed by atoms with van der Waals surface area (Å²) in [5.41, 5.74) is 1.85. The molecule has 1 aromatic heterocycles. The second kappa shape index (κ2) is 6.22. The van der Waals surface area contributed by atoms with E-state index in [-0.39, 0.29) is 17.8 Å². The third-order valence-corrected chi connectivity index (χ3v) is 3.94. The number of nitrogens with zero attached hydrogens (tertiary/aromatic N) is 1. The van der Waals surface area contributed by atoms with E-state index in [0.717, 1.165) is 18.7 Å². The van der Waals surface area contributed by atoms with Crippen LogP contribution in [0.25, 0.3) is 0 Å². The zero-order chi connectivity index (χ0) is 14.7. The molecule has 0 saturated heterocycles. The summed E-state index contributed by atoms with van der Waals surface area (Å²) in [4.78, 5) is 3.83. The second-order valence-corrected chi connectivity index (χ2v) is 5.32. The lowest BCUT2D eigenvalue weighted by Gasteiger charge is -2.32. The number of hydrogen-bond acceptors (Lipinski definition) is 3. The van der Waals surface area contributed by atoms with E-state index in [1.165, 1.54) is 11.8 Å². The normalized spacial score (nSPS) is 18.7. The maximum Gasteiger partial charge on any atom is 0.146 e. The first-order valence-electron chi connectivity index (χ1n) is 7.33. The van der Waals surface area contributed by atoms with E-state index in [1.54, 1.807) is 12.3 Å². The van der Waals surface area contributed by atoms with Gasteiger partial charge in [0.1, 0.15) is 11.6 Å². The van der Waals surface area contributed by atoms with Gasteiger partial charge in [-0.15, -0.1) is 0 Å². The van der Waals surface area contributed by atoms with Crippen LogP contribution in [0.4, 0.5) is 4.39 Å². The van der Waals surface area contributed by atoms with E-state index in [1.807, 2.05) is 25.1 Å². The van der Waals surface area contributed by atoms with Crippen LogP contribution in [0.3, 0.4) is 0 Å². The van der Waals surface area contributed by atoms with Crippen LogP contribution in [0.1, 0.15) is 24.1 Å². The minimum Gasteiger partial charge on any atom is -0.493 e. The van der Waals surface area contributed by atoms with Gasteiger partial charge in [-0.05, 0) is 30.7 Å². The Kier molecular flexibility index (Phi) is 4.15. The largest absolute Gasteiger partial charge is 0.493 e. The predicted molar refractivity (Wildman–Crippen MR) is 79.7 cm³/mol. The number of para-hydroxylation sites is 1. The van der Waals surface area contributed by atoms with Gasteiger partial charge >= 0.3 is 0 Å². The summed E-state index contributed by atoms with van der Waals surface area (Å²) in [7, 11) is 0. The number of halogens is 1. The Morgan fingerprint density at radius 3 is 3.05 bits per heavy atom. The van der Waals surface area contributed by atoms with E-state index in [4.69, 9.17) is 4.74 Å². The maximum absolute atomic E-state index is 14.1. The van der Waals surface area contributed by atoms with Crippen LogP contribution in [0.15, 0.2) is 42.7 Å². The summed E-state index contributed by atoms with van der Waals surface area (Å²) in [6.45, 7) is 3.41. The van der Waals surface area contributed by atoms with Gasteiger partial charge in [-0.25, -0.2) is 4.39 Å². The molecule has 2 atom stereocenters. The van der Waals surface area contributed by atoms with Crippen LogP contribution in [0, 0.1) is 11.7 Å². The van der Waals surface area contributed by atoms with Gasteiger partial charge in [-0.1, -0.05) is 25.1 Å². The fourth-order valence-electron chi connectivity index (χ4n) is 2.95. The molecule has 1 aromatic carbocycles. The highest BCUT2D eigenvalue weighted by Gasteiger charge is 2.29. The highest BCUT2D eigenvalue weighted by atomic mass is 19.1. The van der Waals surface area contributed by atoms with Crippen molar-refractivity contribution in [3.8, 4) is 5.75 Å². The monoisotopic (exact) mass is 286 g/mol. The number of rotatable bonds is 4. The van der Waals surface area contributed by atoms with E-state index < -0.39 is 0 Å². The molecule has 0 radical (unpaired) electrons. The van der Waals surface area contributed by atoms with Gasteiger partial charge in [-0.2, -0.15) is 0 Å². The second-order valence-electron chi connectivity index (χ2n) is 5.32. The fraction of sp³-hybridized carbons (Fsp3) is 0.353. The Morgan fingerprint density at radius 1 is 1.38 bits per heavy atom. The van der Waals surface area contributed by atoms with Crippen molar-refractivity contribution in [2.45, 2.75) is 19.4 Å². The molecule has 110 valence electrons. The van der Waals surface area contributed by atoms with E-state index >= 15 is 0 Å². The molecular formula is C17H19FN2O. The minimum absolute atomic E-state index is 0.0636. The van der Waals surface area contributed by atoms with Crippen molar-refractivity contribution in [3.05, 3.63) is 59.7 Å². The molecule has 3 nitrogen and oxygen atoms in total. The predicted octanol–water partition coefficient (Wildman–Crippen LogP) is 3.12. The Morgan fingerprint density at radius 2 is 2.24 bits per heavy atom. The van der Waals surface area contributed by atoms with Crippen LogP contribution < -0.4 is 10.1 Å². The molecule has 0 spiro atoms. The summed E-state index contributed by atoms with van der Waals surface area (Å²) < 4.78 is 19.9. The van der Waals surface area contributed by atoms with Gasteiger partial charge in [0.15, 0.2) is 0 Å². The van der Waals surface area contributed by atoms with Gasteiger partial charge in [-0.3, -0.25) is 4.98 Å². The number of hydrogen-bond donors (Lipinski definition) is 1. The standard InChI is InChI=1S/C17H19FN2O/c1-2-20-17(14-7-8-19-10-15(14)18)13-9-12-5-3-4-6-16(12)21-11-13/h3-8,10,13,17,20H,2,9,11H2,1H3. The smallest absolute Gasteiger partial charge is 0.146 e. The van der Waals surface area contributed by atoms with Crippen LogP contribution in [-0.2, 0) is 6.42 Å². The number of benzene rings is 1. The number of ether oxygens (including phenoxy) is 1. The van der Waals surface area contributed by atoms with Crippen molar-refractivity contribution in [2.24, 2.45) is 5.92 Å². The Hall–Kier alpha value is -1.94. The molecule has 2 heterocycles. The van der Waals surface area contributed by atoms with Gasteiger partial charge < -0.3 is 10.1 Å². The Bertz CT molecular complexity index is 617. The lowest BCUT2D eigenvalue weighted by Crippen LogP contribution is -2.35. The molecule has 4 heteroatoms. The molecule has 1 aliphatic rings. The number of pyridine rings is 1. The third kappa shape index (κ3) is 2.90. The summed E-state index contributed by atoms with van der Waals surface area (Å²) in [5.74, 6) is 0.887. The summed E-state index contributed by atoms with van der Waals surface area (Å²) >= 11 is 0. The molecule has 0 fully saturated rings. The average molecular weight is 286 g/mol. The number of fused-ring (bicyclic) bond motifs is 1. The average Bonchev–Trinajstić information content (AvgIpc) is 2.53. The van der Waals surface area contributed by atoms with Crippen molar-refractivity contribution >= 4 is 0 Å². The van der Waals surface area contributed by atoms with E-state index in [2.05, 4.69) is 16.4 Å². The molecule has 1 aliphatic heterocycles. The van der Waals surface area contributed by atoms with E-state index in [0.29, 0.717) is 12.2 Å². The number of nitrogens with one attached hydrogen (secondary N) is 1. The summed E-state index contributed by atoms with van der Waals surface area (Å²) in [6, 6.07) is 9.74. The molecule has 1 N–H and O–H groups in total. The van der Waals surface area contributed by atoms with Gasteiger partial charge in [0.05, 0.1) is 12.8 Å². The quantitative estimate of drug-likeness (QED) is 0.937. The SMILES string of the molecule is CCNC(c1ccncc1F)C1COc2ccccc2C1. The molecule has 3 rings (SSSR count). The highest BCUT2D eigenvalue weighted by molar-refractivity contribution is 5.36. The lowest BCUT2D eigenvalue weighted by atomic mass is 9.86. The van der Waals surface area contributed by atoms with Crippen LogP contribution in [-0.4, -0.2) is 18.1 Å². The highest BCUT2D eigenvalue weighted by Crippen LogP contribution is 2.34. The molecule has 0 amide bonds. The summed E-state index contributed by atoms with van der Waals surface area (Å²) in [5, 5.41) is 3.39. The molecule has 2 aromatic rings. The fourth-order valence-corrected chi connectivity index (χ4v) is 2.95. The zero-order valence-corrected chi connectivity index (χ0v) is 12.1. The van der Waals surface area contributed by atoms with Crippen molar-refractivity contribution in [1.29, 1.82) is 0 Å². The van der Waals surface area contributed by atoms with Crippen molar-refractivity contribution in [2.75, 3.05) is 13.2 Å². The van der Waals surface area contributed by atoms with Crippen LogP contribution in [0.5, 0.6) is 5.75 Å².